The molecule has 0 aromatic heterocycles. The van der Waals surface area contributed by atoms with Gasteiger partial charge in [0.05, 0.1) is 4.90 Å². The molecule has 1 aromatic carbocycles. The predicted octanol–water partition coefficient (Wildman–Crippen LogP) is 2.53. The van der Waals surface area contributed by atoms with Crippen LogP contribution in [0.5, 0.6) is 5.75 Å². The fraction of sp³-hybridized carbons (Fsp3) is 0.500. The van der Waals surface area contributed by atoms with E-state index in [2.05, 4.69) is 5.32 Å². The quantitative estimate of drug-likeness (QED) is 0.614. The molecule has 0 spiro atoms. The molecule has 0 aliphatic heterocycles. The van der Waals surface area contributed by atoms with Gasteiger partial charge >= 0.3 is 0 Å². The molecule has 1 amide bonds. The van der Waals surface area contributed by atoms with E-state index < -0.39 is 9.05 Å². The smallest absolute Gasteiger partial charge is 0.261 e. The first-order valence-corrected chi connectivity index (χ1v) is 9.02. The van der Waals surface area contributed by atoms with Gasteiger partial charge in [-0.25, -0.2) is 8.42 Å². The SMILES string of the molecule is CCCCNC(=O)COc1c(C)cc(S(=O)(=O)Cl)cc1C. The molecule has 0 unspecified atom stereocenters. The molecule has 0 atom stereocenters. The Bertz CT molecular complexity index is 590. The first kappa shape index (κ1) is 17.8. The molecule has 0 saturated heterocycles. The van der Waals surface area contributed by atoms with E-state index in [1.54, 1.807) is 13.8 Å². The van der Waals surface area contributed by atoms with E-state index in [9.17, 15) is 13.2 Å². The molecular weight excluding hydrogens is 314 g/mol. The molecule has 0 fully saturated rings. The highest BCUT2D eigenvalue weighted by molar-refractivity contribution is 8.13. The number of carbonyl (C=O) groups is 1. The third kappa shape index (κ3) is 5.55. The second kappa shape index (κ2) is 7.66. The zero-order valence-electron chi connectivity index (χ0n) is 12.4. The van der Waals surface area contributed by atoms with E-state index in [1.165, 1.54) is 12.1 Å². The van der Waals surface area contributed by atoms with Crippen LogP contribution < -0.4 is 10.1 Å². The highest BCUT2D eigenvalue weighted by Gasteiger charge is 2.15. The van der Waals surface area contributed by atoms with Crippen LogP contribution in [0.3, 0.4) is 0 Å². The summed E-state index contributed by atoms with van der Waals surface area (Å²) >= 11 is 0. The summed E-state index contributed by atoms with van der Waals surface area (Å²) in [5.41, 5.74) is 1.24. The van der Waals surface area contributed by atoms with Crippen LogP contribution >= 0.6 is 10.7 Å². The topological polar surface area (TPSA) is 72.5 Å². The first-order valence-electron chi connectivity index (χ1n) is 6.71. The second-order valence-electron chi connectivity index (χ2n) is 4.82. The number of carbonyl (C=O) groups excluding carboxylic acids is 1. The molecule has 0 radical (unpaired) electrons. The monoisotopic (exact) mass is 333 g/mol. The van der Waals surface area contributed by atoms with Crippen LogP contribution in [-0.4, -0.2) is 27.5 Å². The van der Waals surface area contributed by atoms with Crippen molar-refractivity contribution in [1.82, 2.24) is 5.32 Å². The summed E-state index contributed by atoms with van der Waals surface area (Å²) < 4.78 is 28.1. The Morgan fingerprint density at radius 1 is 1.29 bits per heavy atom. The number of ether oxygens (including phenoxy) is 1. The molecule has 0 bridgehead atoms. The molecular formula is C14H20ClNO4S. The summed E-state index contributed by atoms with van der Waals surface area (Å²) in [5, 5.41) is 2.75. The highest BCUT2D eigenvalue weighted by Crippen LogP contribution is 2.28. The average Bonchev–Trinajstić information content (AvgIpc) is 2.36. The summed E-state index contributed by atoms with van der Waals surface area (Å²) in [6, 6.07) is 2.86. The van der Waals surface area contributed by atoms with Crippen LogP contribution in [0.15, 0.2) is 17.0 Å². The Morgan fingerprint density at radius 2 is 1.86 bits per heavy atom. The van der Waals surface area contributed by atoms with Crippen LogP contribution in [-0.2, 0) is 13.8 Å². The second-order valence-corrected chi connectivity index (χ2v) is 7.38. The molecule has 1 N–H and O–H groups in total. The van der Waals surface area contributed by atoms with Crippen molar-refractivity contribution in [1.29, 1.82) is 0 Å². The maximum atomic E-state index is 11.6. The van der Waals surface area contributed by atoms with E-state index in [0.29, 0.717) is 23.4 Å². The third-order valence-corrected chi connectivity index (χ3v) is 4.25. The van der Waals surface area contributed by atoms with Gasteiger partial charge in [0.1, 0.15) is 5.75 Å². The number of hydrogen-bond donors (Lipinski definition) is 1. The maximum absolute atomic E-state index is 11.6. The lowest BCUT2D eigenvalue weighted by molar-refractivity contribution is -0.123. The number of halogens is 1. The van der Waals surface area contributed by atoms with Gasteiger partial charge in [0.15, 0.2) is 6.61 Å². The number of hydrogen-bond acceptors (Lipinski definition) is 4. The van der Waals surface area contributed by atoms with Crippen molar-refractivity contribution in [2.75, 3.05) is 13.2 Å². The van der Waals surface area contributed by atoms with Crippen molar-refractivity contribution in [2.24, 2.45) is 0 Å². The van der Waals surface area contributed by atoms with Gasteiger partial charge in [-0.1, -0.05) is 13.3 Å². The van der Waals surface area contributed by atoms with E-state index in [-0.39, 0.29) is 17.4 Å². The van der Waals surface area contributed by atoms with Crippen LogP contribution in [0.2, 0.25) is 0 Å². The summed E-state index contributed by atoms with van der Waals surface area (Å²) in [5.74, 6) is 0.306. The highest BCUT2D eigenvalue weighted by atomic mass is 35.7. The zero-order valence-corrected chi connectivity index (χ0v) is 14.0. The zero-order chi connectivity index (χ0) is 16.0. The largest absolute Gasteiger partial charge is 0.483 e. The number of aryl methyl sites for hydroxylation is 2. The van der Waals surface area contributed by atoms with Crippen LogP contribution in [0, 0.1) is 13.8 Å². The number of rotatable bonds is 7. The maximum Gasteiger partial charge on any atom is 0.261 e. The van der Waals surface area contributed by atoms with Gasteiger partial charge in [-0.15, -0.1) is 0 Å². The van der Waals surface area contributed by atoms with Gasteiger partial charge in [-0.2, -0.15) is 0 Å². The van der Waals surface area contributed by atoms with Crippen molar-refractivity contribution >= 4 is 25.6 Å². The minimum Gasteiger partial charge on any atom is -0.483 e. The number of nitrogens with one attached hydrogen (secondary N) is 1. The Hall–Kier alpha value is -1.27. The predicted molar refractivity (Wildman–Crippen MR) is 82.4 cm³/mol. The Morgan fingerprint density at radius 3 is 2.33 bits per heavy atom. The van der Waals surface area contributed by atoms with Crippen LogP contribution in [0.4, 0.5) is 0 Å². The molecule has 7 heteroatoms. The Balaban J connectivity index is 2.75. The fourth-order valence-electron chi connectivity index (χ4n) is 1.87. The van der Waals surface area contributed by atoms with Gasteiger partial charge in [-0.3, -0.25) is 4.79 Å². The fourth-order valence-corrected chi connectivity index (χ4v) is 2.77. The standard InChI is InChI=1S/C14H20ClNO4S/c1-4-5-6-16-13(17)9-20-14-10(2)7-12(8-11(14)3)21(15,18)19/h7-8H,4-6,9H2,1-3H3,(H,16,17). The van der Waals surface area contributed by atoms with Crippen molar-refractivity contribution in [3.63, 3.8) is 0 Å². The molecule has 1 rings (SSSR count). The minimum absolute atomic E-state index is 0.0268. The molecule has 118 valence electrons. The number of benzene rings is 1. The van der Waals surface area contributed by atoms with Gasteiger partial charge in [-0.05, 0) is 43.5 Å². The summed E-state index contributed by atoms with van der Waals surface area (Å²) in [7, 11) is 1.55. The lowest BCUT2D eigenvalue weighted by atomic mass is 10.1. The van der Waals surface area contributed by atoms with Crippen molar-refractivity contribution in [3.05, 3.63) is 23.3 Å². The van der Waals surface area contributed by atoms with Gasteiger partial charge in [0, 0.05) is 17.2 Å². The summed E-state index contributed by atoms with van der Waals surface area (Å²) in [6.45, 7) is 5.99. The van der Waals surface area contributed by atoms with Crippen LogP contribution in [0.1, 0.15) is 30.9 Å². The molecule has 21 heavy (non-hydrogen) atoms. The van der Waals surface area contributed by atoms with Gasteiger partial charge in [0.25, 0.3) is 15.0 Å². The molecule has 0 aliphatic rings. The van der Waals surface area contributed by atoms with E-state index in [1.807, 2.05) is 6.92 Å². The number of amides is 1. The number of unbranched alkanes of at least 4 members (excludes halogenated alkanes) is 1. The lowest BCUT2D eigenvalue weighted by Gasteiger charge is -2.13. The van der Waals surface area contributed by atoms with E-state index in [4.69, 9.17) is 15.4 Å². The minimum atomic E-state index is -3.77. The third-order valence-electron chi connectivity index (χ3n) is 2.92. The molecule has 0 heterocycles. The van der Waals surface area contributed by atoms with Crippen molar-refractivity contribution in [3.8, 4) is 5.75 Å². The van der Waals surface area contributed by atoms with E-state index in [0.717, 1.165) is 12.8 Å². The average molecular weight is 334 g/mol. The Labute approximate surface area is 130 Å². The normalized spacial score (nSPS) is 11.2. The van der Waals surface area contributed by atoms with Gasteiger partial charge < -0.3 is 10.1 Å². The Kier molecular flexibility index (Phi) is 6.48. The first-order chi connectivity index (χ1) is 9.75. The van der Waals surface area contributed by atoms with Crippen molar-refractivity contribution < 1.29 is 17.9 Å². The molecule has 1 aromatic rings. The summed E-state index contributed by atoms with van der Waals surface area (Å²) in [6.07, 6.45) is 1.93. The lowest BCUT2D eigenvalue weighted by Crippen LogP contribution is -2.29. The van der Waals surface area contributed by atoms with Crippen molar-refractivity contribution in [2.45, 2.75) is 38.5 Å². The molecule has 0 aliphatic carbocycles. The molecule has 5 nitrogen and oxygen atoms in total. The van der Waals surface area contributed by atoms with Gasteiger partial charge in [0.2, 0.25) is 0 Å². The molecule has 0 saturated carbocycles. The van der Waals surface area contributed by atoms with E-state index >= 15 is 0 Å². The van der Waals surface area contributed by atoms with Crippen LogP contribution in [0.25, 0.3) is 0 Å². The summed E-state index contributed by atoms with van der Waals surface area (Å²) in [4.78, 5) is 11.6.